The van der Waals surface area contributed by atoms with Gasteiger partial charge in [0.15, 0.2) is 0 Å². The lowest BCUT2D eigenvalue weighted by Crippen LogP contribution is -2.50. The third-order valence-electron chi connectivity index (χ3n) is 4.72. The van der Waals surface area contributed by atoms with E-state index in [0.717, 1.165) is 32.1 Å². The minimum absolute atomic E-state index is 0.00815. The van der Waals surface area contributed by atoms with E-state index in [9.17, 15) is 14.7 Å². The number of nitrogens with one attached hydrogen (secondary N) is 2. The van der Waals surface area contributed by atoms with Crippen LogP contribution in [-0.4, -0.2) is 35.6 Å². The van der Waals surface area contributed by atoms with Crippen LogP contribution in [0.15, 0.2) is 0 Å². The summed E-state index contributed by atoms with van der Waals surface area (Å²) in [5, 5.41) is 14.9. The zero-order chi connectivity index (χ0) is 12.7. The van der Waals surface area contributed by atoms with Gasteiger partial charge in [-0.1, -0.05) is 0 Å². The van der Waals surface area contributed by atoms with Crippen LogP contribution in [0.2, 0.25) is 0 Å². The van der Waals surface area contributed by atoms with Crippen molar-refractivity contribution in [3.63, 3.8) is 0 Å². The molecule has 0 aromatic heterocycles. The Morgan fingerprint density at radius 1 is 1.00 bits per heavy atom. The van der Waals surface area contributed by atoms with Crippen molar-refractivity contribution in [2.75, 3.05) is 6.61 Å². The number of amides is 2. The molecule has 3 N–H and O–H groups in total. The molecule has 0 heterocycles. The van der Waals surface area contributed by atoms with Crippen LogP contribution in [0.3, 0.4) is 0 Å². The van der Waals surface area contributed by atoms with E-state index < -0.39 is 11.8 Å². The molecule has 2 amide bonds. The summed E-state index contributed by atoms with van der Waals surface area (Å²) in [5.74, 6) is 0.0675. The lowest BCUT2D eigenvalue weighted by Gasteiger charge is -2.30. The molecule has 0 aliphatic heterocycles. The van der Waals surface area contributed by atoms with Crippen molar-refractivity contribution in [1.29, 1.82) is 0 Å². The molecule has 5 nitrogen and oxygen atoms in total. The van der Waals surface area contributed by atoms with E-state index in [2.05, 4.69) is 10.6 Å². The van der Waals surface area contributed by atoms with Gasteiger partial charge in [0, 0.05) is 24.6 Å². The maximum absolute atomic E-state index is 11.8. The molecule has 3 saturated carbocycles. The van der Waals surface area contributed by atoms with Gasteiger partial charge in [0.2, 0.25) is 0 Å². The number of aliphatic hydroxyl groups excluding tert-OH is 1. The lowest BCUT2D eigenvalue weighted by molar-refractivity contribution is -0.140. The molecule has 0 radical (unpaired) electrons. The second kappa shape index (κ2) is 4.53. The molecule has 3 aliphatic rings. The molecule has 3 fully saturated rings. The van der Waals surface area contributed by atoms with E-state index in [1.807, 2.05) is 0 Å². The van der Waals surface area contributed by atoms with Crippen molar-refractivity contribution in [3.05, 3.63) is 0 Å². The fourth-order valence-corrected chi connectivity index (χ4v) is 3.59. The second-order valence-electron chi connectivity index (χ2n) is 5.93. The highest BCUT2D eigenvalue weighted by Crippen LogP contribution is 2.48. The minimum atomic E-state index is -0.530. The van der Waals surface area contributed by atoms with E-state index in [-0.39, 0.29) is 24.6 Å². The molecule has 100 valence electrons. The van der Waals surface area contributed by atoms with Crippen LogP contribution < -0.4 is 10.6 Å². The van der Waals surface area contributed by atoms with Gasteiger partial charge < -0.3 is 15.7 Å². The molecular weight excluding hydrogens is 232 g/mol. The molecule has 3 aliphatic carbocycles. The van der Waals surface area contributed by atoms with Crippen LogP contribution in [0.25, 0.3) is 0 Å². The van der Waals surface area contributed by atoms with Crippen molar-refractivity contribution in [2.24, 2.45) is 17.8 Å². The fourth-order valence-electron chi connectivity index (χ4n) is 3.59. The highest BCUT2D eigenvalue weighted by atomic mass is 16.3. The molecule has 4 unspecified atom stereocenters. The van der Waals surface area contributed by atoms with E-state index in [0.29, 0.717) is 11.8 Å². The van der Waals surface area contributed by atoms with Crippen LogP contribution in [0.1, 0.15) is 32.1 Å². The summed E-state index contributed by atoms with van der Waals surface area (Å²) < 4.78 is 0. The predicted molar refractivity (Wildman–Crippen MR) is 64.5 cm³/mol. The van der Waals surface area contributed by atoms with Crippen molar-refractivity contribution >= 4 is 11.8 Å². The van der Waals surface area contributed by atoms with E-state index >= 15 is 0 Å². The summed E-state index contributed by atoms with van der Waals surface area (Å²) in [6.07, 6.45) is 5.30. The zero-order valence-corrected chi connectivity index (χ0v) is 10.4. The first-order chi connectivity index (χ1) is 8.69. The standard InChI is InChI=1S/C13H20N2O3/c16-6-10-7-1-2-8(5-7)11(10)15-13(18)12(17)14-9-3-4-9/h7-11,16H,1-6H2,(H,14,17)(H,15,18). The summed E-state index contributed by atoms with van der Waals surface area (Å²) in [4.78, 5) is 23.4. The Morgan fingerprint density at radius 3 is 2.33 bits per heavy atom. The zero-order valence-electron chi connectivity index (χ0n) is 10.4. The number of hydrogen-bond donors (Lipinski definition) is 3. The monoisotopic (exact) mass is 252 g/mol. The minimum Gasteiger partial charge on any atom is -0.396 e. The quantitative estimate of drug-likeness (QED) is 0.608. The Hall–Kier alpha value is -1.10. The first-order valence-electron chi connectivity index (χ1n) is 6.91. The Morgan fingerprint density at radius 2 is 1.67 bits per heavy atom. The Kier molecular flexibility index (Phi) is 3.01. The number of fused-ring (bicyclic) bond motifs is 2. The summed E-state index contributed by atoms with van der Waals surface area (Å²) >= 11 is 0. The van der Waals surface area contributed by atoms with Crippen LogP contribution in [0, 0.1) is 17.8 Å². The molecule has 5 heteroatoms. The lowest BCUT2D eigenvalue weighted by atomic mass is 9.85. The van der Waals surface area contributed by atoms with Crippen molar-refractivity contribution in [3.8, 4) is 0 Å². The summed E-state index contributed by atoms with van der Waals surface area (Å²) in [6.45, 7) is 0.107. The van der Waals surface area contributed by atoms with Gasteiger partial charge in [0.1, 0.15) is 0 Å². The molecule has 0 saturated heterocycles. The fraction of sp³-hybridized carbons (Fsp3) is 0.846. The SMILES string of the molecule is O=C(NC1CC1)C(=O)NC1C2CCC(C2)C1CO. The smallest absolute Gasteiger partial charge is 0.309 e. The number of aliphatic hydroxyl groups is 1. The van der Waals surface area contributed by atoms with Gasteiger partial charge >= 0.3 is 11.8 Å². The van der Waals surface area contributed by atoms with Gasteiger partial charge in [-0.25, -0.2) is 0 Å². The van der Waals surface area contributed by atoms with Gasteiger partial charge in [0.05, 0.1) is 0 Å². The number of hydrogen-bond acceptors (Lipinski definition) is 3. The maximum Gasteiger partial charge on any atom is 0.309 e. The van der Waals surface area contributed by atoms with E-state index in [1.165, 1.54) is 0 Å². The third kappa shape index (κ3) is 2.11. The highest BCUT2D eigenvalue weighted by molar-refractivity contribution is 6.35. The van der Waals surface area contributed by atoms with Crippen LogP contribution in [0.4, 0.5) is 0 Å². The average molecular weight is 252 g/mol. The number of rotatable bonds is 3. The summed E-state index contributed by atoms with van der Waals surface area (Å²) in [6, 6.07) is 0.197. The van der Waals surface area contributed by atoms with Crippen LogP contribution >= 0.6 is 0 Å². The third-order valence-corrected chi connectivity index (χ3v) is 4.72. The second-order valence-corrected chi connectivity index (χ2v) is 5.93. The predicted octanol–water partition coefficient (Wildman–Crippen LogP) is -0.212. The van der Waals surface area contributed by atoms with Crippen molar-refractivity contribution < 1.29 is 14.7 Å². The highest BCUT2D eigenvalue weighted by Gasteiger charge is 2.48. The van der Waals surface area contributed by atoms with Gasteiger partial charge in [-0.05, 0) is 43.9 Å². The van der Waals surface area contributed by atoms with Gasteiger partial charge in [0.25, 0.3) is 0 Å². The molecule has 4 atom stereocenters. The number of carbonyl (C=O) groups is 2. The molecule has 2 bridgehead atoms. The van der Waals surface area contributed by atoms with Gasteiger partial charge in [-0.2, -0.15) is 0 Å². The van der Waals surface area contributed by atoms with E-state index in [1.54, 1.807) is 0 Å². The summed E-state index contributed by atoms with van der Waals surface area (Å²) in [7, 11) is 0. The normalized spacial score (nSPS) is 37.6. The molecule has 0 spiro atoms. The maximum atomic E-state index is 11.8. The topological polar surface area (TPSA) is 78.4 Å². The largest absolute Gasteiger partial charge is 0.396 e. The van der Waals surface area contributed by atoms with Crippen molar-refractivity contribution in [2.45, 2.75) is 44.2 Å². The van der Waals surface area contributed by atoms with Crippen LogP contribution in [-0.2, 0) is 9.59 Å². The van der Waals surface area contributed by atoms with Gasteiger partial charge in [-0.15, -0.1) is 0 Å². The first kappa shape index (κ1) is 12.0. The molecular formula is C13H20N2O3. The Labute approximate surface area is 106 Å². The van der Waals surface area contributed by atoms with Crippen molar-refractivity contribution in [1.82, 2.24) is 10.6 Å². The van der Waals surface area contributed by atoms with Crippen LogP contribution in [0.5, 0.6) is 0 Å². The Balaban J connectivity index is 1.57. The molecule has 0 aromatic carbocycles. The average Bonchev–Trinajstić information content (AvgIpc) is 2.95. The number of carbonyl (C=O) groups excluding carboxylic acids is 2. The first-order valence-corrected chi connectivity index (χ1v) is 6.91. The molecule has 0 aromatic rings. The molecule has 18 heavy (non-hydrogen) atoms. The Bertz CT molecular complexity index is 367. The van der Waals surface area contributed by atoms with Gasteiger partial charge in [-0.3, -0.25) is 9.59 Å². The van der Waals surface area contributed by atoms with E-state index in [4.69, 9.17) is 0 Å². The summed E-state index contributed by atoms with van der Waals surface area (Å²) in [5.41, 5.74) is 0. The molecule has 3 rings (SSSR count).